The zero-order valence-electron chi connectivity index (χ0n) is 14.4. The quantitative estimate of drug-likeness (QED) is 0.357. The summed E-state index contributed by atoms with van der Waals surface area (Å²) < 4.78 is 10.8. The molecule has 5 heteroatoms. The van der Waals surface area contributed by atoms with Crippen LogP contribution in [0.3, 0.4) is 0 Å². The number of rotatable bonds is 13. The highest BCUT2D eigenvalue weighted by Gasteiger charge is 2.41. The Balaban J connectivity index is 2.06. The number of allylic oxidation sites excluding steroid dienone is 1. The fourth-order valence-corrected chi connectivity index (χ4v) is 2.83. The zero-order chi connectivity index (χ0) is 16.9. The van der Waals surface area contributed by atoms with Crippen molar-refractivity contribution in [2.24, 2.45) is 0 Å². The van der Waals surface area contributed by atoms with Crippen molar-refractivity contribution in [3.63, 3.8) is 0 Å². The van der Waals surface area contributed by atoms with E-state index in [-0.39, 0.29) is 6.61 Å². The molecule has 0 aliphatic carbocycles. The Labute approximate surface area is 140 Å². The Morgan fingerprint density at radius 3 is 2.43 bits per heavy atom. The van der Waals surface area contributed by atoms with E-state index in [2.05, 4.69) is 6.92 Å². The summed E-state index contributed by atoms with van der Waals surface area (Å²) in [5.74, 6) is 0. The molecule has 0 aromatic rings. The molecule has 1 heterocycles. The molecule has 0 aromatic heterocycles. The molecule has 1 rings (SSSR count). The topological polar surface area (TPSA) is 79.2 Å². The van der Waals surface area contributed by atoms with Crippen LogP contribution in [0, 0.1) is 0 Å². The van der Waals surface area contributed by atoms with Crippen molar-refractivity contribution in [1.82, 2.24) is 0 Å². The van der Waals surface area contributed by atoms with Gasteiger partial charge in [-0.25, -0.2) is 0 Å². The molecule has 1 aliphatic rings. The molecular formula is C18H34O5. The van der Waals surface area contributed by atoms with Crippen LogP contribution < -0.4 is 0 Å². The van der Waals surface area contributed by atoms with Crippen molar-refractivity contribution in [1.29, 1.82) is 0 Å². The SMILES string of the molecule is CCCCCCCCCC/C=C/O[C@@H]1[C@H]([C@H](O)CO)OC[C@@H]1O. The standard InChI is InChI=1S/C18H34O5/c1-2-3-4-5-6-7-8-9-10-11-12-22-18-16(21)14-23-17(18)15(20)13-19/h11-12,15-21H,2-10,13-14H2,1H3/b12-11+/t15-,16+,17+,18+/m1/s1. The smallest absolute Gasteiger partial charge is 0.154 e. The second-order valence-electron chi connectivity index (χ2n) is 6.35. The predicted molar refractivity (Wildman–Crippen MR) is 90.1 cm³/mol. The van der Waals surface area contributed by atoms with Gasteiger partial charge in [0.25, 0.3) is 0 Å². The highest BCUT2D eigenvalue weighted by atomic mass is 16.6. The van der Waals surface area contributed by atoms with E-state index in [0.29, 0.717) is 0 Å². The number of ether oxygens (including phenoxy) is 2. The molecule has 136 valence electrons. The van der Waals surface area contributed by atoms with Crippen LogP contribution in [-0.2, 0) is 9.47 Å². The third-order valence-corrected chi connectivity index (χ3v) is 4.29. The van der Waals surface area contributed by atoms with Gasteiger partial charge in [-0.3, -0.25) is 0 Å². The molecule has 0 saturated carbocycles. The first kappa shape index (κ1) is 20.4. The number of hydrogen-bond acceptors (Lipinski definition) is 5. The van der Waals surface area contributed by atoms with Crippen molar-refractivity contribution < 1.29 is 24.8 Å². The van der Waals surface area contributed by atoms with Crippen LogP contribution in [0.2, 0.25) is 0 Å². The molecule has 3 N–H and O–H groups in total. The second-order valence-corrected chi connectivity index (χ2v) is 6.35. The van der Waals surface area contributed by atoms with Crippen LogP contribution in [-0.4, -0.2) is 52.9 Å². The molecular weight excluding hydrogens is 296 g/mol. The molecule has 0 bridgehead atoms. The van der Waals surface area contributed by atoms with Crippen LogP contribution in [0.1, 0.15) is 64.7 Å². The minimum Gasteiger partial charge on any atom is -0.493 e. The fourth-order valence-electron chi connectivity index (χ4n) is 2.83. The van der Waals surface area contributed by atoms with E-state index in [9.17, 15) is 10.2 Å². The molecule has 1 aliphatic heterocycles. The van der Waals surface area contributed by atoms with Crippen LogP contribution >= 0.6 is 0 Å². The van der Waals surface area contributed by atoms with Gasteiger partial charge < -0.3 is 24.8 Å². The van der Waals surface area contributed by atoms with Crippen molar-refractivity contribution >= 4 is 0 Å². The molecule has 0 radical (unpaired) electrons. The summed E-state index contributed by atoms with van der Waals surface area (Å²) in [5.41, 5.74) is 0. The Kier molecular flexibility index (Phi) is 11.3. The van der Waals surface area contributed by atoms with E-state index in [4.69, 9.17) is 14.6 Å². The molecule has 0 spiro atoms. The van der Waals surface area contributed by atoms with Gasteiger partial charge in [-0.2, -0.15) is 0 Å². The van der Waals surface area contributed by atoms with E-state index in [1.54, 1.807) is 6.26 Å². The Hall–Kier alpha value is -0.620. The maximum Gasteiger partial charge on any atom is 0.154 e. The van der Waals surface area contributed by atoms with E-state index in [1.165, 1.54) is 44.9 Å². The molecule has 0 unspecified atom stereocenters. The molecule has 0 aromatic carbocycles. The Morgan fingerprint density at radius 2 is 1.78 bits per heavy atom. The first-order chi connectivity index (χ1) is 11.2. The van der Waals surface area contributed by atoms with Crippen LogP contribution in [0.25, 0.3) is 0 Å². The van der Waals surface area contributed by atoms with Crippen molar-refractivity contribution in [3.8, 4) is 0 Å². The molecule has 5 nitrogen and oxygen atoms in total. The summed E-state index contributed by atoms with van der Waals surface area (Å²) in [4.78, 5) is 0. The molecule has 0 amide bonds. The van der Waals surface area contributed by atoms with Gasteiger partial charge in [-0.1, -0.05) is 51.9 Å². The van der Waals surface area contributed by atoms with Gasteiger partial charge in [0.15, 0.2) is 6.10 Å². The average molecular weight is 330 g/mol. The Bertz CT molecular complexity index is 308. The van der Waals surface area contributed by atoms with E-state index < -0.39 is 31.0 Å². The summed E-state index contributed by atoms with van der Waals surface area (Å²) in [7, 11) is 0. The lowest BCUT2D eigenvalue weighted by Crippen LogP contribution is -2.41. The summed E-state index contributed by atoms with van der Waals surface area (Å²) in [5, 5.41) is 28.4. The van der Waals surface area contributed by atoms with Crippen LogP contribution in [0.5, 0.6) is 0 Å². The normalized spacial score (nSPS) is 26.0. The first-order valence-electron chi connectivity index (χ1n) is 9.09. The number of unbranched alkanes of at least 4 members (excludes halogenated alkanes) is 8. The van der Waals surface area contributed by atoms with Crippen molar-refractivity contribution in [2.45, 2.75) is 89.1 Å². The van der Waals surface area contributed by atoms with Gasteiger partial charge in [0.2, 0.25) is 0 Å². The van der Waals surface area contributed by atoms with Crippen molar-refractivity contribution in [3.05, 3.63) is 12.3 Å². The summed E-state index contributed by atoms with van der Waals surface area (Å²) in [6, 6.07) is 0. The van der Waals surface area contributed by atoms with E-state index in [0.717, 1.165) is 12.8 Å². The van der Waals surface area contributed by atoms with Crippen LogP contribution in [0.4, 0.5) is 0 Å². The molecule has 1 saturated heterocycles. The summed E-state index contributed by atoms with van der Waals surface area (Å²) >= 11 is 0. The molecule has 23 heavy (non-hydrogen) atoms. The highest BCUT2D eigenvalue weighted by molar-refractivity contribution is 4.91. The molecule has 1 fully saturated rings. The largest absolute Gasteiger partial charge is 0.493 e. The number of aliphatic hydroxyl groups excluding tert-OH is 3. The van der Waals surface area contributed by atoms with E-state index in [1.807, 2.05) is 6.08 Å². The maximum atomic E-state index is 9.79. The first-order valence-corrected chi connectivity index (χ1v) is 9.09. The van der Waals surface area contributed by atoms with Gasteiger partial charge in [0.1, 0.15) is 18.3 Å². The maximum absolute atomic E-state index is 9.79. The number of hydrogen-bond donors (Lipinski definition) is 3. The van der Waals surface area contributed by atoms with Gasteiger partial charge in [0.05, 0.1) is 19.5 Å². The lowest BCUT2D eigenvalue weighted by atomic mass is 10.1. The van der Waals surface area contributed by atoms with Gasteiger partial charge in [-0.15, -0.1) is 0 Å². The average Bonchev–Trinajstić information content (AvgIpc) is 2.93. The zero-order valence-corrected chi connectivity index (χ0v) is 14.4. The lowest BCUT2D eigenvalue weighted by Gasteiger charge is -2.22. The lowest BCUT2D eigenvalue weighted by molar-refractivity contribution is -0.0721. The van der Waals surface area contributed by atoms with Crippen LogP contribution in [0.15, 0.2) is 12.3 Å². The summed E-state index contributed by atoms with van der Waals surface area (Å²) in [6.45, 7) is 1.95. The fraction of sp³-hybridized carbons (Fsp3) is 0.889. The third-order valence-electron chi connectivity index (χ3n) is 4.29. The Morgan fingerprint density at radius 1 is 1.13 bits per heavy atom. The third kappa shape index (κ3) is 8.15. The second kappa shape index (κ2) is 12.8. The summed E-state index contributed by atoms with van der Waals surface area (Å²) in [6.07, 6.45) is 11.7. The van der Waals surface area contributed by atoms with Gasteiger partial charge >= 0.3 is 0 Å². The monoisotopic (exact) mass is 330 g/mol. The van der Waals surface area contributed by atoms with Gasteiger partial charge in [0, 0.05) is 0 Å². The molecule has 4 atom stereocenters. The van der Waals surface area contributed by atoms with Crippen molar-refractivity contribution in [2.75, 3.05) is 13.2 Å². The number of aliphatic hydroxyl groups is 3. The minimum absolute atomic E-state index is 0.123. The highest BCUT2D eigenvalue weighted by Crippen LogP contribution is 2.21. The minimum atomic E-state index is -1.03. The van der Waals surface area contributed by atoms with E-state index >= 15 is 0 Å². The van der Waals surface area contributed by atoms with Gasteiger partial charge in [-0.05, 0) is 18.9 Å². The predicted octanol–water partition coefficient (Wildman–Crippen LogP) is 2.53.